The van der Waals surface area contributed by atoms with Crippen molar-refractivity contribution in [3.8, 4) is 28.4 Å². The molecule has 0 atom stereocenters. The molecule has 1 heterocycles. The van der Waals surface area contributed by atoms with Crippen molar-refractivity contribution < 1.29 is 28.8 Å². The van der Waals surface area contributed by atoms with Crippen LogP contribution in [-0.2, 0) is 0 Å². The molecule has 0 bridgehead atoms. The van der Waals surface area contributed by atoms with Crippen molar-refractivity contribution in [1.82, 2.24) is 0 Å². The average Bonchev–Trinajstić information content (AvgIpc) is 2.67. The molecule has 2 aromatic carbocycles. The molecular formula is C18H14N2O9. The Balaban J connectivity index is 2.43. The van der Waals surface area contributed by atoms with Crippen molar-refractivity contribution in [3.63, 3.8) is 0 Å². The van der Waals surface area contributed by atoms with Gasteiger partial charge >= 0.3 is 0 Å². The van der Waals surface area contributed by atoms with E-state index < -0.39 is 32.4 Å². The monoisotopic (exact) mass is 402 g/mol. The Hall–Kier alpha value is -4.15. The summed E-state index contributed by atoms with van der Waals surface area (Å²) in [6, 6.07) is 4.24. The minimum Gasteiger partial charge on any atom is -0.504 e. The normalized spacial score (nSPS) is 10.7. The standard InChI is InChI=1S/C18H14N2O9/c1-8-14(10-5-4-9(19(23)24)6-11(10)20(25)26)16(21)15-12(29-8)7-13(27-2)18(28-3)17(15)22/h4-7,22H,1-3H3. The van der Waals surface area contributed by atoms with E-state index in [2.05, 4.69) is 0 Å². The van der Waals surface area contributed by atoms with Gasteiger partial charge in [0.2, 0.25) is 11.2 Å². The fraction of sp³-hybridized carbons (Fsp3) is 0.167. The van der Waals surface area contributed by atoms with Gasteiger partial charge in [-0.3, -0.25) is 25.0 Å². The number of nitrogens with zero attached hydrogens (tertiary/aromatic N) is 2. The molecule has 0 saturated heterocycles. The number of methoxy groups -OCH3 is 2. The summed E-state index contributed by atoms with van der Waals surface area (Å²) in [6.45, 7) is 1.41. The number of phenols is 1. The molecule has 29 heavy (non-hydrogen) atoms. The first-order valence-corrected chi connectivity index (χ1v) is 8.05. The first-order valence-electron chi connectivity index (χ1n) is 8.05. The molecule has 0 aliphatic carbocycles. The summed E-state index contributed by atoms with van der Waals surface area (Å²) in [5.74, 6) is -0.526. The molecule has 3 rings (SSSR count). The number of fused-ring (bicyclic) bond motifs is 1. The summed E-state index contributed by atoms with van der Waals surface area (Å²) in [4.78, 5) is 34.0. The van der Waals surface area contributed by atoms with Crippen molar-refractivity contribution in [3.05, 3.63) is 60.5 Å². The van der Waals surface area contributed by atoms with Crippen LogP contribution in [0.5, 0.6) is 17.2 Å². The highest BCUT2D eigenvalue weighted by Gasteiger charge is 2.27. The van der Waals surface area contributed by atoms with E-state index in [1.807, 2.05) is 0 Å². The lowest BCUT2D eigenvalue weighted by Crippen LogP contribution is -2.10. The number of rotatable bonds is 5. The molecular weight excluding hydrogens is 388 g/mol. The largest absolute Gasteiger partial charge is 0.504 e. The lowest BCUT2D eigenvalue weighted by atomic mass is 9.99. The first kappa shape index (κ1) is 19.6. The van der Waals surface area contributed by atoms with Crippen molar-refractivity contribution in [2.24, 2.45) is 0 Å². The molecule has 0 fully saturated rings. The minimum absolute atomic E-state index is 0.0176. The number of aromatic hydroxyl groups is 1. The van der Waals surface area contributed by atoms with Crippen LogP contribution >= 0.6 is 0 Å². The van der Waals surface area contributed by atoms with Gasteiger partial charge in [0.15, 0.2) is 11.5 Å². The van der Waals surface area contributed by atoms with Crippen LogP contribution in [0.3, 0.4) is 0 Å². The zero-order chi connectivity index (χ0) is 21.5. The number of nitro benzene ring substituents is 2. The van der Waals surface area contributed by atoms with E-state index in [1.54, 1.807) is 0 Å². The topological polar surface area (TPSA) is 155 Å². The van der Waals surface area contributed by atoms with Gasteiger partial charge in [0.1, 0.15) is 16.7 Å². The molecule has 0 saturated carbocycles. The second-order valence-corrected chi connectivity index (χ2v) is 5.91. The Morgan fingerprint density at radius 2 is 1.76 bits per heavy atom. The predicted molar refractivity (Wildman–Crippen MR) is 101 cm³/mol. The van der Waals surface area contributed by atoms with E-state index in [0.717, 1.165) is 18.2 Å². The Kier molecular flexibility index (Phi) is 4.81. The van der Waals surface area contributed by atoms with E-state index in [-0.39, 0.29) is 39.4 Å². The summed E-state index contributed by atoms with van der Waals surface area (Å²) in [7, 11) is 2.60. The number of hydrogen-bond donors (Lipinski definition) is 1. The lowest BCUT2D eigenvalue weighted by Gasteiger charge is -2.13. The van der Waals surface area contributed by atoms with Gasteiger partial charge < -0.3 is 19.0 Å². The third kappa shape index (κ3) is 3.08. The summed E-state index contributed by atoms with van der Waals surface area (Å²) >= 11 is 0. The summed E-state index contributed by atoms with van der Waals surface area (Å²) in [6.07, 6.45) is 0. The minimum atomic E-state index is -0.833. The van der Waals surface area contributed by atoms with E-state index >= 15 is 0 Å². The first-order chi connectivity index (χ1) is 13.7. The molecule has 150 valence electrons. The van der Waals surface area contributed by atoms with Crippen LogP contribution < -0.4 is 14.9 Å². The third-order valence-electron chi connectivity index (χ3n) is 4.34. The number of phenolic OH excluding ortho intramolecular Hbond substituents is 1. The van der Waals surface area contributed by atoms with Crippen LogP contribution in [0.4, 0.5) is 11.4 Å². The van der Waals surface area contributed by atoms with Crippen molar-refractivity contribution in [2.45, 2.75) is 6.92 Å². The number of aryl methyl sites for hydroxylation is 1. The molecule has 0 unspecified atom stereocenters. The molecule has 0 spiro atoms. The van der Waals surface area contributed by atoms with Crippen LogP contribution in [0.2, 0.25) is 0 Å². The van der Waals surface area contributed by atoms with Crippen LogP contribution in [0.25, 0.3) is 22.1 Å². The number of nitro groups is 2. The summed E-state index contributed by atoms with van der Waals surface area (Å²) in [5, 5.41) is 32.7. The highest BCUT2D eigenvalue weighted by atomic mass is 16.6. The molecule has 0 radical (unpaired) electrons. The smallest absolute Gasteiger partial charge is 0.284 e. The zero-order valence-corrected chi connectivity index (χ0v) is 15.4. The van der Waals surface area contributed by atoms with Gasteiger partial charge in [0, 0.05) is 12.1 Å². The summed E-state index contributed by atoms with van der Waals surface area (Å²) in [5.41, 5.74) is -2.31. The Labute approximate surface area is 162 Å². The maximum Gasteiger partial charge on any atom is 0.284 e. The maximum atomic E-state index is 13.2. The van der Waals surface area contributed by atoms with Crippen LogP contribution in [-0.4, -0.2) is 29.2 Å². The van der Waals surface area contributed by atoms with Gasteiger partial charge in [-0.1, -0.05) is 0 Å². The van der Waals surface area contributed by atoms with Crippen LogP contribution in [0.1, 0.15) is 5.76 Å². The highest BCUT2D eigenvalue weighted by Crippen LogP contribution is 2.43. The van der Waals surface area contributed by atoms with Crippen molar-refractivity contribution in [1.29, 1.82) is 0 Å². The SMILES string of the molecule is COc1cc2oc(C)c(-c3ccc([N+](=O)[O-])cc3[N+](=O)[O-])c(=O)c2c(O)c1OC. The molecule has 0 amide bonds. The molecule has 11 heteroatoms. The third-order valence-corrected chi connectivity index (χ3v) is 4.34. The Morgan fingerprint density at radius 1 is 1.07 bits per heavy atom. The number of hydrogen-bond acceptors (Lipinski definition) is 9. The molecule has 0 aliphatic rings. The second kappa shape index (κ2) is 7.11. The molecule has 1 N–H and O–H groups in total. The van der Waals surface area contributed by atoms with Gasteiger partial charge in [-0.05, 0) is 13.0 Å². The van der Waals surface area contributed by atoms with E-state index in [0.29, 0.717) is 0 Å². The van der Waals surface area contributed by atoms with E-state index in [1.165, 1.54) is 27.2 Å². The van der Waals surface area contributed by atoms with E-state index in [4.69, 9.17) is 13.9 Å². The van der Waals surface area contributed by atoms with Gasteiger partial charge in [-0.15, -0.1) is 0 Å². The molecule has 11 nitrogen and oxygen atoms in total. The maximum absolute atomic E-state index is 13.2. The lowest BCUT2D eigenvalue weighted by molar-refractivity contribution is -0.393. The second-order valence-electron chi connectivity index (χ2n) is 5.91. The fourth-order valence-corrected chi connectivity index (χ4v) is 3.06. The fourth-order valence-electron chi connectivity index (χ4n) is 3.06. The van der Waals surface area contributed by atoms with Crippen molar-refractivity contribution in [2.75, 3.05) is 14.2 Å². The molecule has 0 aliphatic heterocycles. The number of ether oxygens (including phenoxy) is 2. The van der Waals surface area contributed by atoms with Gasteiger partial charge in [0.25, 0.3) is 11.4 Å². The number of non-ortho nitro benzene ring substituents is 1. The van der Waals surface area contributed by atoms with Gasteiger partial charge in [0.05, 0.1) is 41.3 Å². The van der Waals surface area contributed by atoms with E-state index in [9.17, 15) is 30.1 Å². The summed E-state index contributed by atoms with van der Waals surface area (Å²) < 4.78 is 15.8. The average molecular weight is 402 g/mol. The Bertz CT molecular complexity index is 1230. The van der Waals surface area contributed by atoms with Crippen LogP contribution in [0, 0.1) is 27.2 Å². The quantitative estimate of drug-likeness (QED) is 0.499. The predicted octanol–water partition coefficient (Wildman–Crippen LogP) is 3.31. The molecule has 3 aromatic rings. The Morgan fingerprint density at radius 3 is 2.31 bits per heavy atom. The molecule has 1 aromatic heterocycles. The van der Waals surface area contributed by atoms with Crippen LogP contribution in [0.15, 0.2) is 33.5 Å². The van der Waals surface area contributed by atoms with Gasteiger partial charge in [-0.25, -0.2) is 0 Å². The zero-order valence-electron chi connectivity index (χ0n) is 15.4. The highest BCUT2D eigenvalue weighted by molar-refractivity contribution is 5.93. The number of benzene rings is 2. The van der Waals surface area contributed by atoms with Crippen molar-refractivity contribution >= 4 is 22.3 Å². The van der Waals surface area contributed by atoms with Gasteiger partial charge in [-0.2, -0.15) is 0 Å².